The van der Waals surface area contributed by atoms with Gasteiger partial charge in [0.25, 0.3) is 0 Å². The summed E-state index contributed by atoms with van der Waals surface area (Å²) in [7, 11) is 0. The molecule has 0 saturated heterocycles. The van der Waals surface area contributed by atoms with E-state index in [1.165, 1.54) is 0 Å². The first-order valence-electron chi connectivity index (χ1n) is 4.70. The summed E-state index contributed by atoms with van der Waals surface area (Å²) in [5, 5.41) is 0. The minimum Gasteiger partial charge on any atom is -0.525 e. The Morgan fingerprint density at radius 3 is 2.60 bits per heavy atom. The minimum absolute atomic E-state index is 0. The van der Waals surface area contributed by atoms with Crippen molar-refractivity contribution in [3.63, 3.8) is 0 Å². The van der Waals surface area contributed by atoms with E-state index < -0.39 is 0 Å². The van der Waals surface area contributed by atoms with Crippen molar-refractivity contribution in [1.29, 1.82) is 0 Å². The summed E-state index contributed by atoms with van der Waals surface area (Å²) < 4.78 is 5.37. The van der Waals surface area contributed by atoms with Crippen LogP contribution in [0.25, 0.3) is 0 Å². The van der Waals surface area contributed by atoms with Gasteiger partial charge >= 0.3 is 0 Å². The van der Waals surface area contributed by atoms with E-state index in [4.69, 9.17) is 10.5 Å². The number of nitrogens with two attached hydrogens (primary N) is 1. The van der Waals surface area contributed by atoms with E-state index in [-0.39, 0.29) is 40.1 Å². The maximum Gasteiger partial charge on any atom is 0.117 e. The van der Waals surface area contributed by atoms with Crippen molar-refractivity contribution >= 4 is 5.69 Å². The molecule has 15 heavy (non-hydrogen) atoms. The first-order valence-corrected chi connectivity index (χ1v) is 4.70. The molecule has 2 N–H and O–H groups in total. The first kappa shape index (κ1) is 17.3. The van der Waals surface area contributed by atoms with Crippen LogP contribution in [0.2, 0.25) is 0 Å². The van der Waals surface area contributed by atoms with Gasteiger partial charge < -0.3 is 17.9 Å². The van der Waals surface area contributed by atoms with Crippen LogP contribution in [0.4, 0.5) is 5.69 Å². The predicted molar refractivity (Wildman–Crippen MR) is 62.1 cm³/mol. The fraction of sp³-hybridized carbons (Fsp3) is 0.333. The Kier molecular flexibility index (Phi) is 10.6. The number of nitrogen functional groups attached to an aromatic ring is 1. The molecule has 0 amide bonds. The second-order valence-corrected chi connectivity index (χ2v) is 2.63. The number of rotatable bonds is 0. The molecule has 3 heteroatoms. The van der Waals surface area contributed by atoms with Gasteiger partial charge in [-0.15, -0.1) is 6.42 Å². The van der Waals surface area contributed by atoms with Gasteiger partial charge in [-0.3, -0.25) is 6.42 Å². The molecule has 0 unspecified atom stereocenters. The van der Waals surface area contributed by atoms with Gasteiger partial charge in [0.1, 0.15) is 5.75 Å². The summed E-state index contributed by atoms with van der Waals surface area (Å²) in [5.74, 6) is 0.938. The van der Waals surface area contributed by atoms with Crippen LogP contribution in [0.1, 0.15) is 19.4 Å². The van der Waals surface area contributed by atoms with E-state index >= 15 is 0 Å². The quantitative estimate of drug-likeness (QED) is 0.586. The number of fused-ring (bicyclic) bond motifs is 1. The third kappa shape index (κ3) is 4.52. The molecular formula is C12H19NOY-2. The van der Waals surface area contributed by atoms with Crippen LogP contribution >= 0.6 is 0 Å². The van der Waals surface area contributed by atoms with E-state index in [0.717, 1.165) is 23.4 Å². The topological polar surface area (TPSA) is 35.2 Å². The van der Waals surface area contributed by atoms with Crippen LogP contribution in [-0.2, 0) is 39.1 Å². The molecule has 2 nitrogen and oxygen atoms in total. The van der Waals surface area contributed by atoms with Gasteiger partial charge in [-0.05, 0) is 24.3 Å². The van der Waals surface area contributed by atoms with Crippen LogP contribution < -0.4 is 10.5 Å². The Balaban J connectivity index is 0. The van der Waals surface area contributed by atoms with Crippen molar-refractivity contribution in [3.8, 4) is 5.75 Å². The Labute approximate surface area is 118 Å². The fourth-order valence-corrected chi connectivity index (χ4v) is 1.29. The Morgan fingerprint density at radius 1 is 1.33 bits per heavy atom. The average Bonchev–Trinajstić information content (AvgIpc) is 2.22. The molecule has 1 aromatic carbocycles. The molecular weight excluding hydrogens is 263 g/mol. The molecule has 1 aliphatic heterocycles. The van der Waals surface area contributed by atoms with E-state index in [1.807, 2.05) is 32.0 Å². The fourth-order valence-electron chi connectivity index (χ4n) is 1.29. The van der Waals surface area contributed by atoms with Gasteiger partial charge in [0.2, 0.25) is 0 Å². The van der Waals surface area contributed by atoms with Crippen LogP contribution in [0.5, 0.6) is 5.75 Å². The van der Waals surface area contributed by atoms with Gasteiger partial charge in [-0.25, -0.2) is 0 Å². The molecule has 83 valence electrons. The normalized spacial score (nSPS) is 11.6. The third-order valence-electron chi connectivity index (χ3n) is 1.87. The van der Waals surface area contributed by atoms with Gasteiger partial charge in [0, 0.05) is 38.4 Å². The summed E-state index contributed by atoms with van der Waals surface area (Å²) >= 11 is 0. The Bertz CT molecular complexity index is 276. The number of benzene rings is 1. The number of hydrogen-bond donors (Lipinski definition) is 1. The smallest absolute Gasteiger partial charge is 0.117 e. The Morgan fingerprint density at radius 2 is 2.00 bits per heavy atom. The van der Waals surface area contributed by atoms with Crippen LogP contribution in [-0.4, -0.2) is 6.61 Å². The Hall–Kier alpha value is -0.0761. The third-order valence-corrected chi connectivity index (χ3v) is 1.87. The summed E-state index contributed by atoms with van der Waals surface area (Å²) in [6.45, 7) is 4.70. The maximum absolute atomic E-state index is 5.74. The zero-order valence-corrected chi connectivity index (χ0v) is 12.6. The molecule has 0 fully saturated rings. The molecule has 0 atom stereocenters. The molecule has 0 aromatic heterocycles. The van der Waals surface area contributed by atoms with Crippen molar-refractivity contribution in [2.24, 2.45) is 0 Å². The van der Waals surface area contributed by atoms with Crippen molar-refractivity contribution in [2.75, 3.05) is 12.3 Å². The molecule has 1 heterocycles. The molecule has 0 aliphatic carbocycles. The van der Waals surface area contributed by atoms with Gasteiger partial charge in [-0.2, -0.15) is 0 Å². The van der Waals surface area contributed by atoms with Gasteiger partial charge in [-0.1, -0.05) is 19.9 Å². The summed E-state index contributed by atoms with van der Waals surface area (Å²) in [6, 6.07) is 5.78. The van der Waals surface area contributed by atoms with E-state index in [1.54, 1.807) is 0 Å². The molecule has 0 spiro atoms. The second kappa shape index (κ2) is 9.17. The zero-order valence-electron chi connectivity index (χ0n) is 9.79. The SMILES string of the molecule is CC.Nc1cccc2c1C[CH-]CO2.[CH3-].[Y]. The molecule has 1 aliphatic rings. The minimum atomic E-state index is 0. The van der Waals surface area contributed by atoms with Crippen LogP contribution in [0.15, 0.2) is 18.2 Å². The van der Waals surface area contributed by atoms with E-state index in [2.05, 4.69) is 6.42 Å². The number of hydrogen-bond acceptors (Lipinski definition) is 2. The maximum atomic E-state index is 5.74. The van der Waals surface area contributed by atoms with Crippen molar-refractivity contribution < 1.29 is 37.4 Å². The average molecular weight is 282 g/mol. The van der Waals surface area contributed by atoms with Crippen molar-refractivity contribution in [3.05, 3.63) is 37.6 Å². The standard InChI is InChI=1S/C9H10NO.C2H6.CH3.Y/c10-8-4-1-5-9-7(8)3-2-6-11-9;1-2;;/h1-2,4-5H,3,6,10H2;1-2H3;1H3;/q-1;;-1;. The van der Waals surface area contributed by atoms with Crippen molar-refractivity contribution in [2.45, 2.75) is 20.3 Å². The van der Waals surface area contributed by atoms with E-state index in [9.17, 15) is 0 Å². The predicted octanol–water partition coefficient (Wildman–Crippen LogP) is 2.88. The summed E-state index contributed by atoms with van der Waals surface area (Å²) in [6.07, 6.45) is 3.01. The zero-order chi connectivity index (χ0) is 9.68. The first-order chi connectivity index (χ1) is 6.38. The molecule has 1 aromatic rings. The number of anilines is 1. The largest absolute Gasteiger partial charge is 0.525 e. The van der Waals surface area contributed by atoms with E-state index in [0.29, 0.717) is 6.61 Å². The molecule has 0 saturated carbocycles. The summed E-state index contributed by atoms with van der Waals surface area (Å²) in [4.78, 5) is 0. The summed E-state index contributed by atoms with van der Waals surface area (Å²) in [5.41, 5.74) is 7.70. The molecule has 0 bridgehead atoms. The molecule has 1 radical (unpaired) electrons. The van der Waals surface area contributed by atoms with Crippen LogP contribution in [0.3, 0.4) is 0 Å². The van der Waals surface area contributed by atoms with Gasteiger partial charge in [0.15, 0.2) is 0 Å². The molecule has 2 rings (SSSR count). The van der Waals surface area contributed by atoms with Crippen LogP contribution in [0, 0.1) is 13.8 Å². The monoisotopic (exact) mass is 282 g/mol. The second-order valence-electron chi connectivity index (χ2n) is 2.63. The number of ether oxygens (including phenoxy) is 1. The van der Waals surface area contributed by atoms with Crippen molar-refractivity contribution in [1.82, 2.24) is 0 Å². The van der Waals surface area contributed by atoms with Gasteiger partial charge in [0.05, 0.1) is 0 Å².